The Morgan fingerprint density at radius 2 is 1.06 bits per heavy atom. The summed E-state index contributed by atoms with van der Waals surface area (Å²) in [5.41, 5.74) is 5.34. The molecular weight excluding hydrogens is 220 g/mol. The molecule has 0 aliphatic carbocycles. The van der Waals surface area contributed by atoms with Gasteiger partial charge in [-0.3, -0.25) is 0 Å². The van der Waals surface area contributed by atoms with Crippen LogP contribution in [0.5, 0.6) is 0 Å². The van der Waals surface area contributed by atoms with Crippen molar-refractivity contribution in [2.75, 3.05) is 19.6 Å². The van der Waals surface area contributed by atoms with Gasteiger partial charge in [-0.15, -0.1) is 0 Å². The Balaban J connectivity index is 0. The number of nitrogens with two attached hydrogens (primary N) is 1. The summed E-state index contributed by atoms with van der Waals surface area (Å²) < 4.78 is 0. The quantitative estimate of drug-likeness (QED) is 0.506. The first-order valence-electron chi connectivity index (χ1n) is 8.24. The predicted octanol–water partition coefficient (Wildman–Crippen LogP) is 4.48. The van der Waals surface area contributed by atoms with Crippen molar-refractivity contribution >= 4 is 0 Å². The third-order valence-electron chi connectivity index (χ3n) is 2.97. The Morgan fingerprint density at radius 3 is 1.50 bits per heavy atom. The van der Waals surface area contributed by atoms with Gasteiger partial charge in [0.2, 0.25) is 0 Å². The lowest BCUT2D eigenvalue weighted by Gasteiger charge is -1.99. The van der Waals surface area contributed by atoms with Gasteiger partial charge in [0.05, 0.1) is 0 Å². The molecule has 18 heavy (non-hydrogen) atoms. The maximum atomic E-state index is 5.34. The molecule has 0 heterocycles. The van der Waals surface area contributed by atoms with Crippen molar-refractivity contribution in [3.05, 3.63) is 0 Å². The van der Waals surface area contributed by atoms with E-state index in [-0.39, 0.29) is 0 Å². The van der Waals surface area contributed by atoms with E-state index in [0.717, 1.165) is 6.54 Å². The molecule has 112 valence electrons. The van der Waals surface area contributed by atoms with Crippen LogP contribution in [-0.4, -0.2) is 19.6 Å². The summed E-state index contributed by atoms with van der Waals surface area (Å²) in [5, 5.41) is 3.39. The highest BCUT2D eigenvalue weighted by Crippen LogP contribution is 2.03. The Morgan fingerprint density at radius 1 is 0.611 bits per heavy atom. The molecule has 3 N–H and O–H groups in total. The van der Waals surface area contributed by atoms with E-state index in [9.17, 15) is 0 Å². The maximum absolute atomic E-state index is 5.34. The maximum Gasteiger partial charge on any atom is -0.00490 e. The van der Waals surface area contributed by atoms with Crippen LogP contribution in [0.3, 0.4) is 0 Å². The number of hydrogen-bond acceptors (Lipinski definition) is 2. The van der Waals surface area contributed by atoms with E-state index in [1.807, 2.05) is 0 Å². The molecule has 0 fully saturated rings. The van der Waals surface area contributed by atoms with E-state index in [2.05, 4.69) is 26.1 Å². The lowest BCUT2D eigenvalue weighted by molar-refractivity contribution is 0.611. The summed E-state index contributed by atoms with van der Waals surface area (Å²) in [6.07, 6.45) is 13.3. The minimum atomic E-state index is 0.867. The second-order valence-electron chi connectivity index (χ2n) is 5.01. The summed E-state index contributed by atoms with van der Waals surface area (Å²) in [5.74, 6) is 0. The third kappa shape index (κ3) is 24.9. The number of hydrogen-bond donors (Lipinski definition) is 2. The van der Waals surface area contributed by atoms with Crippen molar-refractivity contribution in [3.63, 3.8) is 0 Å². The van der Waals surface area contributed by atoms with Crippen LogP contribution in [0.25, 0.3) is 0 Å². The monoisotopic (exact) mass is 258 g/mol. The zero-order valence-electron chi connectivity index (χ0n) is 13.3. The van der Waals surface area contributed by atoms with E-state index < -0.39 is 0 Å². The molecule has 0 spiro atoms. The Bertz CT molecular complexity index is 89.7. The van der Waals surface area contributed by atoms with Crippen LogP contribution in [0.15, 0.2) is 0 Å². The zero-order chi connectivity index (χ0) is 13.9. The molecule has 0 aromatic rings. The third-order valence-corrected chi connectivity index (χ3v) is 2.97. The standard InChI is InChI=1S/2C8H19N/c1-3-5-7-9-8-6-4-2;1-2-3-4-5-6-7-8-9/h9H,3-8H2,1-2H3;2-9H2,1H3. The summed E-state index contributed by atoms with van der Waals surface area (Å²) >= 11 is 0. The molecule has 0 saturated heterocycles. The van der Waals surface area contributed by atoms with Gasteiger partial charge in [0, 0.05) is 0 Å². The van der Waals surface area contributed by atoms with E-state index in [1.165, 1.54) is 77.3 Å². The van der Waals surface area contributed by atoms with Gasteiger partial charge in [0.15, 0.2) is 0 Å². The van der Waals surface area contributed by atoms with Crippen molar-refractivity contribution < 1.29 is 0 Å². The first-order chi connectivity index (χ1) is 8.83. The van der Waals surface area contributed by atoms with Crippen LogP contribution >= 0.6 is 0 Å². The highest BCUT2D eigenvalue weighted by Gasteiger charge is 1.86. The van der Waals surface area contributed by atoms with E-state index >= 15 is 0 Å². The molecule has 0 unspecified atom stereocenters. The highest BCUT2D eigenvalue weighted by atomic mass is 14.8. The topological polar surface area (TPSA) is 38.0 Å². The lowest BCUT2D eigenvalue weighted by atomic mass is 10.1. The van der Waals surface area contributed by atoms with Gasteiger partial charge in [0.1, 0.15) is 0 Å². The van der Waals surface area contributed by atoms with Gasteiger partial charge >= 0.3 is 0 Å². The molecule has 2 nitrogen and oxygen atoms in total. The fourth-order valence-electron chi connectivity index (χ4n) is 1.65. The van der Waals surface area contributed by atoms with Crippen molar-refractivity contribution in [3.8, 4) is 0 Å². The van der Waals surface area contributed by atoms with Crippen molar-refractivity contribution in [1.29, 1.82) is 0 Å². The van der Waals surface area contributed by atoms with E-state index in [0.29, 0.717) is 0 Å². The molecule has 0 atom stereocenters. The Kier molecular flexibility index (Phi) is 24.9. The fourth-order valence-corrected chi connectivity index (χ4v) is 1.65. The van der Waals surface area contributed by atoms with Crippen molar-refractivity contribution in [2.24, 2.45) is 5.73 Å². The number of unbranched alkanes of at least 4 members (excludes halogenated alkanes) is 7. The average molecular weight is 258 g/mol. The number of nitrogens with one attached hydrogen (secondary N) is 1. The molecule has 0 rings (SSSR count). The minimum Gasteiger partial charge on any atom is -0.330 e. The van der Waals surface area contributed by atoms with Gasteiger partial charge in [-0.1, -0.05) is 65.7 Å². The highest BCUT2D eigenvalue weighted by molar-refractivity contribution is 4.45. The molecular formula is C16H38N2. The first kappa shape index (κ1) is 20.2. The minimum absolute atomic E-state index is 0.867. The second kappa shape index (κ2) is 22.1. The van der Waals surface area contributed by atoms with E-state index in [4.69, 9.17) is 5.73 Å². The number of rotatable bonds is 12. The molecule has 0 bridgehead atoms. The summed E-state index contributed by atoms with van der Waals surface area (Å²) in [4.78, 5) is 0. The summed E-state index contributed by atoms with van der Waals surface area (Å²) in [6, 6.07) is 0. The normalized spacial score (nSPS) is 10.0. The van der Waals surface area contributed by atoms with Gasteiger partial charge < -0.3 is 11.1 Å². The van der Waals surface area contributed by atoms with Gasteiger partial charge in [-0.2, -0.15) is 0 Å². The first-order valence-corrected chi connectivity index (χ1v) is 8.24. The van der Waals surface area contributed by atoms with Gasteiger partial charge in [0.25, 0.3) is 0 Å². The summed E-state index contributed by atoms with van der Waals surface area (Å²) in [6.45, 7) is 9.96. The predicted molar refractivity (Wildman–Crippen MR) is 85.1 cm³/mol. The molecule has 0 saturated carbocycles. The molecule has 0 amide bonds. The summed E-state index contributed by atoms with van der Waals surface area (Å²) in [7, 11) is 0. The van der Waals surface area contributed by atoms with Crippen LogP contribution in [0.2, 0.25) is 0 Å². The molecule has 0 aromatic heterocycles. The van der Waals surface area contributed by atoms with Gasteiger partial charge in [-0.05, 0) is 38.9 Å². The van der Waals surface area contributed by atoms with Crippen LogP contribution in [0.1, 0.15) is 85.0 Å². The van der Waals surface area contributed by atoms with Crippen LogP contribution < -0.4 is 11.1 Å². The second-order valence-corrected chi connectivity index (χ2v) is 5.01. The van der Waals surface area contributed by atoms with E-state index in [1.54, 1.807) is 0 Å². The molecule has 0 aromatic carbocycles. The Labute approximate surface area is 116 Å². The smallest absolute Gasteiger partial charge is 0.00490 e. The van der Waals surface area contributed by atoms with Crippen molar-refractivity contribution in [1.82, 2.24) is 5.32 Å². The van der Waals surface area contributed by atoms with Crippen LogP contribution in [0.4, 0.5) is 0 Å². The molecule has 0 radical (unpaired) electrons. The largest absolute Gasteiger partial charge is 0.330 e. The zero-order valence-corrected chi connectivity index (χ0v) is 13.3. The fraction of sp³-hybridized carbons (Fsp3) is 1.00. The molecule has 0 aliphatic rings. The lowest BCUT2D eigenvalue weighted by Crippen LogP contribution is -2.15. The molecule has 2 heteroatoms. The van der Waals surface area contributed by atoms with Crippen LogP contribution in [0, 0.1) is 0 Å². The Hall–Kier alpha value is -0.0800. The van der Waals surface area contributed by atoms with Gasteiger partial charge in [-0.25, -0.2) is 0 Å². The molecule has 0 aliphatic heterocycles. The van der Waals surface area contributed by atoms with Crippen molar-refractivity contribution in [2.45, 2.75) is 85.0 Å². The SMILES string of the molecule is CCCCCCCCN.CCCCNCCCC. The van der Waals surface area contributed by atoms with Crippen LogP contribution in [-0.2, 0) is 0 Å². The average Bonchev–Trinajstić information content (AvgIpc) is 2.39.